The predicted molar refractivity (Wildman–Crippen MR) is 146 cm³/mol. The number of halogens is 4. The van der Waals surface area contributed by atoms with E-state index in [9.17, 15) is 18.4 Å². The Morgan fingerprint density at radius 2 is 1.92 bits per heavy atom. The van der Waals surface area contributed by atoms with Crippen LogP contribution in [-0.2, 0) is 11.6 Å². The molecule has 6 rings (SSSR count). The summed E-state index contributed by atoms with van der Waals surface area (Å²) in [5, 5.41) is 8.86. The number of rotatable bonds is 7. The van der Waals surface area contributed by atoms with Gasteiger partial charge in [0.15, 0.2) is 0 Å². The minimum atomic E-state index is -4.53. The molecule has 206 valence electrons. The number of H-pyrrole nitrogens is 1. The van der Waals surface area contributed by atoms with Crippen molar-refractivity contribution >= 4 is 28.6 Å². The molecule has 2 saturated carbocycles. The number of nitriles is 1. The molecule has 6 nitrogen and oxygen atoms in total. The van der Waals surface area contributed by atoms with Crippen molar-refractivity contribution in [2.45, 2.75) is 43.3 Å². The van der Waals surface area contributed by atoms with Gasteiger partial charge in [0, 0.05) is 44.2 Å². The number of alkyl halides is 3. The molecule has 0 bridgehead atoms. The average Bonchev–Trinajstić information content (AvgIpc) is 3.31. The third kappa shape index (κ3) is 4.99. The molecule has 1 N–H and O–H groups in total. The molecular formula is C29H32ClF3N6. The van der Waals surface area contributed by atoms with Gasteiger partial charge in [0.05, 0.1) is 33.3 Å². The second-order valence-electron chi connectivity index (χ2n) is 11.4. The zero-order valence-corrected chi connectivity index (χ0v) is 22.7. The fourth-order valence-electron chi connectivity index (χ4n) is 6.79. The van der Waals surface area contributed by atoms with Gasteiger partial charge in [-0.05, 0) is 75.0 Å². The van der Waals surface area contributed by atoms with Gasteiger partial charge in [-0.3, -0.25) is 0 Å². The zero-order chi connectivity index (χ0) is 27.4. The molecule has 39 heavy (non-hydrogen) atoms. The van der Waals surface area contributed by atoms with Gasteiger partial charge in [-0.2, -0.15) is 18.4 Å². The van der Waals surface area contributed by atoms with Gasteiger partial charge in [0.2, 0.25) is 5.95 Å². The molecule has 3 atom stereocenters. The molecule has 2 aliphatic carbocycles. The van der Waals surface area contributed by atoms with Crippen molar-refractivity contribution in [3.05, 3.63) is 58.1 Å². The molecule has 1 aromatic heterocycles. The van der Waals surface area contributed by atoms with Crippen LogP contribution in [0.2, 0.25) is 5.02 Å². The molecule has 2 heterocycles. The van der Waals surface area contributed by atoms with E-state index in [4.69, 9.17) is 16.6 Å². The number of aromatic nitrogens is 2. The van der Waals surface area contributed by atoms with Crippen LogP contribution in [0.1, 0.15) is 42.4 Å². The number of aromatic amines is 1. The van der Waals surface area contributed by atoms with Gasteiger partial charge in [-0.15, -0.1) is 0 Å². The maximum atomic E-state index is 13.5. The van der Waals surface area contributed by atoms with E-state index >= 15 is 0 Å². The minimum absolute atomic E-state index is 0.104. The highest BCUT2D eigenvalue weighted by molar-refractivity contribution is 6.32. The van der Waals surface area contributed by atoms with E-state index in [0.717, 1.165) is 71.0 Å². The van der Waals surface area contributed by atoms with Crippen molar-refractivity contribution in [2.75, 3.05) is 51.2 Å². The first-order valence-corrected chi connectivity index (χ1v) is 14.0. The van der Waals surface area contributed by atoms with Crippen LogP contribution >= 0.6 is 11.6 Å². The van der Waals surface area contributed by atoms with E-state index in [2.05, 4.69) is 44.9 Å². The average molecular weight is 557 g/mol. The maximum Gasteiger partial charge on any atom is 0.417 e. The molecule has 0 spiro atoms. The third-order valence-corrected chi connectivity index (χ3v) is 9.39. The first-order chi connectivity index (χ1) is 18.7. The van der Waals surface area contributed by atoms with Crippen molar-refractivity contribution in [1.82, 2.24) is 19.8 Å². The van der Waals surface area contributed by atoms with E-state index in [0.29, 0.717) is 28.5 Å². The summed E-state index contributed by atoms with van der Waals surface area (Å²) in [5.41, 5.74) is 1.98. The molecule has 3 aromatic rings. The molecule has 3 aliphatic rings. The summed E-state index contributed by atoms with van der Waals surface area (Å²) >= 11 is 6.00. The SMILES string of the molecule is CN1CCN(CCCN(c2nc3cc(Cl)c(C(F)(F)F)cc3[nH]2)[C@@H]2CC[C@]3(c4ccc(C#N)cc4)C[C@H]23)CC1. The fraction of sp³-hybridized carbons (Fsp3) is 0.517. The lowest BCUT2D eigenvalue weighted by molar-refractivity contribution is -0.137. The number of fused-ring (bicyclic) bond motifs is 2. The number of hydrogen-bond acceptors (Lipinski definition) is 5. The van der Waals surface area contributed by atoms with Crippen LogP contribution in [-0.4, -0.2) is 72.1 Å². The zero-order valence-electron chi connectivity index (χ0n) is 21.9. The van der Waals surface area contributed by atoms with Crippen molar-refractivity contribution in [3.63, 3.8) is 0 Å². The maximum absolute atomic E-state index is 13.5. The summed E-state index contributed by atoms with van der Waals surface area (Å²) in [5.74, 6) is 1.06. The summed E-state index contributed by atoms with van der Waals surface area (Å²) in [7, 11) is 2.15. The molecule has 3 fully saturated rings. The Balaban J connectivity index is 1.26. The van der Waals surface area contributed by atoms with Crippen LogP contribution in [0.5, 0.6) is 0 Å². The number of imidazole rings is 1. The Hall–Kier alpha value is -2.80. The Morgan fingerprint density at radius 1 is 1.18 bits per heavy atom. The van der Waals surface area contributed by atoms with Gasteiger partial charge in [-0.25, -0.2) is 4.98 Å². The standard InChI is InChI=1S/C29H32ClF3N6/c1-37-11-13-38(14-12-37)9-2-10-39(27-35-24-15-21(29(31,32)33)23(30)16-25(24)36-27)26-7-8-28(17-22(26)28)20-5-3-19(18-34)4-6-20/h3-6,15-16,22,26H,2,7-14,17H2,1H3,(H,35,36)/t22-,26-,28-/m1/s1. The van der Waals surface area contributed by atoms with Gasteiger partial charge in [0.1, 0.15) is 0 Å². The van der Waals surface area contributed by atoms with E-state index in [-0.39, 0.29) is 16.5 Å². The highest BCUT2D eigenvalue weighted by Crippen LogP contribution is 2.65. The number of likely N-dealkylation sites (N-methyl/N-ethyl adjacent to an activating group) is 1. The van der Waals surface area contributed by atoms with Gasteiger partial charge >= 0.3 is 6.18 Å². The smallest absolute Gasteiger partial charge is 0.339 e. The summed E-state index contributed by atoms with van der Waals surface area (Å²) in [6.45, 7) is 5.98. The van der Waals surface area contributed by atoms with Crippen molar-refractivity contribution in [3.8, 4) is 6.07 Å². The number of benzene rings is 2. The number of nitrogens with one attached hydrogen (secondary N) is 1. The quantitative estimate of drug-likeness (QED) is 0.406. The van der Waals surface area contributed by atoms with Crippen molar-refractivity contribution in [2.24, 2.45) is 5.92 Å². The van der Waals surface area contributed by atoms with E-state index in [1.54, 1.807) is 0 Å². The molecule has 1 aliphatic heterocycles. The van der Waals surface area contributed by atoms with E-state index < -0.39 is 11.7 Å². The second-order valence-corrected chi connectivity index (χ2v) is 11.8. The van der Waals surface area contributed by atoms with Crippen LogP contribution in [0.25, 0.3) is 11.0 Å². The van der Waals surface area contributed by atoms with Crippen LogP contribution in [0.15, 0.2) is 36.4 Å². The van der Waals surface area contributed by atoms with Gasteiger partial charge in [-0.1, -0.05) is 23.7 Å². The Bertz CT molecular complexity index is 1390. The number of piperazine rings is 1. The lowest BCUT2D eigenvalue weighted by Gasteiger charge is -2.34. The fourth-order valence-corrected chi connectivity index (χ4v) is 7.06. The summed E-state index contributed by atoms with van der Waals surface area (Å²) in [6, 6.07) is 12.8. The second kappa shape index (κ2) is 9.99. The largest absolute Gasteiger partial charge is 0.417 e. The van der Waals surface area contributed by atoms with Crippen molar-refractivity contribution < 1.29 is 13.2 Å². The Labute approximate surface area is 231 Å². The first-order valence-electron chi connectivity index (χ1n) is 13.6. The Morgan fingerprint density at radius 3 is 2.59 bits per heavy atom. The lowest BCUT2D eigenvalue weighted by Crippen LogP contribution is -2.45. The first kappa shape index (κ1) is 26.4. The third-order valence-electron chi connectivity index (χ3n) is 9.08. The normalized spacial score (nSPS) is 25.5. The predicted octanol–water partition coefficient (Wildman–Crippen LogP) is 5.67. The van der Waals surface area contributed by atoms with E-state index in [1.165, 1.54) is 11.6 Å². The Kier molecular flexibility index (Phi) is 6.77. The molecule has 1 saturated heterocycles. The van der Waals surface area contributed by atoms with Gasteiger partial charge < -0.3 is 19.7 Å². The van der Waals surface area contributed by atoms with Crippen molar-refractivity contribution in [1.29, 1.82) is 5.26 Å². The number of hydrogen-bond donors (Lipinski definition) is 1. The summed E-state index contributed by atoms with van der Waals surface area (Å²) < 4.78 is 40.5. The molecule has 2 aromatic carbocycles. The number of anilines is 1. The molecule has 0 unspecified atom stereocenters. The summed E-state index contributed by atoms with van der Waals surface area (Å²) in [6.07, 6.45) is -0.470. The van der Waals surface area contributed by atoms with Gasteiger partial charge in [0.25, 0.3) is 0 Å². The van der Waals surface area contributed by atoms with E-state index in [1.807, 2.05) is 12.1 Å². The highest BCUT2D eigenvalue weighted by atomic mass is 35.5. The van der Waals surface area contributed by atoms with Crippen LogP contribution in [0, 0.1) is 17.2 Å². The molecule has 10 heteroatoms. The molecule has 0 radical (unpaired) electrons. The molecule has 0 amide bonds. The minimum Gasteiger partial charge on any atom is -0.339 e. The highest BCUT2D eigenvalue weighted by Gasteiger charge is 2.63. The lowest BCUT2D eigenvalue weighted by atomic mass is 9.93. The summed E-state index contributed by atoms with van der Waals surface area (Å²) in [4.78, 5) is 15.1. The monoisotopic (exact) mass is 556 g/mol. The number of nitrogens with zero attached hydrogens (tertiary/aromatic N) is 5. The van der Waals surface area contributed by atoms with Crippen LogP contribution < -0.4 is 4.90 Å². The topological polar surface area (TPSA) is 62.2 Å². The van der Waals surface area contributed by atoms with Crippen LogP contribution in [0.4, 0.5) is 19.1 Å². The molecular weight excluding hydrogens is 525 g/mol. The van der Waals surface area contributed by atoms with Crippen LogP contribution in [0.3, 0.4) is 0 Å².